The van der Waals surface area contributed by atoms with Gasteiger partial charge in [0, 0.05) is 19.4 Å². The molecule has 0 fully saturated rings. The first-order chi connectivity index (χ1) is 8.33. The molecule has 3 heteroatoms. The molecule has 0 radical (unpaired) electrons. The fourth-order valence-corrected chi connectivity index (χ4v) is 2.50. The Bertz CT molecular complexity index is 454. The molecular formula is C14H18N2O. The van der Waals surface area contributed by atoms with Gasteiger partial charge in [-0.1, -0.05) is 19.1 Å². The molecule has 0 aliphatic carbocycles. The van der Waals surface area contributed by atoms with E-state index in [-0.39, 0.29) is 0 Å². The van der Waals surface area contributed by atoms with Crippen molar-refractivity contribution in [3.8, 4) is 5.75 Å². The molecule has 2 heterocycles. The predicted octanol–water partition coefficient (Wildman–Crippen LogP) is 2.12. The first-order valence-corrected chi connectivity index (χ1v) is 6.36. The van der Waals surface area contributed by atoms with Gasteiger partial charge < -0.3 is 10.1 Å². The highest BCUT2D eigenvalue weighted by Crippen LogP contribution is 2.29. The summed E-state index contributed by atoms with van der Waals surface area (Å²) in [6.45, 7) is 5.03. The smallest absolute Gasteiger partial charge is 0.122 e. The molecule has 2 aliphatic rings. The number of rotatable bonds is 3. The molecule has 1 atom stereocenters. The Morgan fingerprint density at radius 1 is 1.47 bits per heavy atom. The summed E-state index contributed by atoms with van der Waals surface area (Å²) in [5.74, 6) is 2.75. The van der Waals surface area contributed by atoms with Crippen molar-refractivity contribution in [1.29, 1.82) is 0 Å². The Balaban J connectivity index is 1.74. The molecule has 1 unspecified atom stereocenters. The Morgan fingerprint density at radius 3 is 3.24 bits per heavy atom. The highest BCUT2D eigenvalue weighted by molar-refractivity contribution is 5.84. The zero-order chi connectivity index (χ0) is 11.7. The van der Waals surface area contributed by atoms with Gasteiger partial charge in [-0.15, -0.1) is 0 Å². The van der Waals surface area contributed by atoms with Crippen LogP contribution in [0.5, 0.6) is 5.75 Å². The van der Waals surface area contributed by atoms with Crippen LogP contribution in [0.15, 0.2) is 23.2 Å². The number of hydrogen-bond acceptors (Lipinski definition) is 3. The van der Waals surface area contributed by atoms with Crippen molar-refractivity contribution in [3.05, 3.63) is 29.3 Å². The highest BCUT2D eigenvalue weighted by atomic mass is 16.5. The molecule has 90 valence electrons. The normalized spacial score (nSPS) is 19.2. The van der Waals surface area contributed by atoms with E-state index in [1.165, 1.54) is 11.1 Å². The third-order valence-corrected chi connectivity index (χ3v) is 3.53. The maximum atomic E-state index is 5.53. The minimum atomic E-state index is 0.519. The number of nitrogens with one attached hydrogen (secondary N) is 1. The number of benzene rings is 1. The lowest BCUT2D eigenvalue weighted by Gasteiger charge is -2.13. The summed E-state index contributed by atoms with van der Waals surface area (Å²) < 4.78 is 5.53. The third-order valence-electron chi connectivity index (χ3n) is 3.53. The van der Waals surface area contributed by atoms with E-state index >= 15 is 0 Å². The van der Waals surface area contributed by atoms with Crippen molar-refractivity contribution in [3.63, 3.8) is 0 Å². The SMILES string of the molecule is CC(CC1=NCCN1)c1ccc2c(c1)CCO2. The van der Waals surface area contributed by atoms with Gasteiger partial charge in [-0.05, 0) is 23.1 Å². The van der Waals surface area contributed by atoms with Crippen LogP contribution < -0.4 is 10.1 Å². The average Bonchev–Trinajstić information content (AvgIpc) is 2.97. The molecule has 3 nitrogen and oxygen atoms in total. The summed E-state index contributed by atoms with van der Waals surface area (Å²) in [6, 6.07) is 6.59. The Kier molecular flexibility index (Phi) is 2.75. The number of hydrogen-bond donors (Lipinski definition) is 1. The van der Waals surface area contributed by atoms with Crippen molar-refractivity contribution in [1.82, 2.24) is 5.32 Å². The number of nitrogens with zero attached hydrogens (tertiary/aromatic N) is 1. The van der Waals surface area contributed by atoms with Gasteiger partial charge in [0.05, 0.1) is 19.0 Å². The summed E-state index contributed by atoms with van der Waals surface area (Å²) in [7, 11) is 0. The van der Waals surface area contributed by atoms with Crippen molar-refractivity contribution >= 4 is 5.84 Å². The highest BCUT2D eigenvalue weighted by Gasteiger charge is 2.16. The van der Waals surface area contributed by atoms with E-state index in [4.69, 9.17) is 4.74 Å². The van der Waals surface area contributed by atoms with Gasteiger partial charge in [0.1, 0.15) is 5.75 Å². The maximum Gasteiger partial charge on any atom is 0.122 e. The number of ether oxygens (including phenoxy) is 1. The largest absolute Gasteiger partial charge is 0.493 e. The summed E-state index contributed by atoms with van der Waals surface area (Å²) in [4.78, 5) is 4.45. The molecule has 0 aromatic heterocycles. The van der Waals surface area contributed by atoms with Crippen molar-refractivity contribution in [2.45, 2.75) is 25.7 Å². The summed E-state index contributed by atoms with van der Waals surface area (Å²) in [5.41, 5.74) is 2.75. The number of fused-ring (bicyclic) bond motifs is 1. The molecule has 0 bridgehead atoms. The molecule has 0 spiro atoms. The van der Waals surface area contributed by atoms with Gasteiger partial charge in [-0.25, -0.2) is 0 Å². The number of aliphatic imine (C=N–C) groups is 1. The van der Waals surface area contributed by atoms with Crippen LogP contribution in [-0.4, -0.2) is 25.5 Å². The summed E-state index contributed by atoms with van der Waals surface area (Å²) >= 11 is 0. The Morgan fingerprint density at radius 2 is 2.41 bits per heavy atom. The van der Waals surface area contributed by atoms with Crippen molar-refractivity contribution < 1.29 is 4.74 Å². The fraction of sp³-hybridized carbons (Fsp3) is 0.500. The van der Waals surface area contributed by atoms with Crippen LogP contribution in [0.4, 0.5) is 0 Å². The van der Waals surface area contributed by atoms with E-state index in [2.05, 4.69) is 35.4 Å². The second-order valence-corrected chi connectivity index (χ2v) is 4.83. The van der Waals surface area contributed by atoms with Crippen molar-refractivity contribution in [2.24, 2.45) is 4.99 Å². The molecule has 1 aromatic carbocycles. The van der Waals surface area contributed by atoms with E-state index < -0.39 is 0 Å². The zero-order valence-corrected chi connectivity index (χ0v) is 10.2. The van der Waals surface area contributed by atoms with Gasteiger partial charge in [0.15, 0.2) is 0 Å². The molecule has 0 amide bonds. The van der Waals surface area contributed by atoms with Crippen LogP contribution in [-0.2, 0) is 6.42 Å². The fourth-order valence-electron chi connectivity index (χ4n) is 2.50. The lowest BCUT2D eigenvalue weighted by atomic mass is 9.95. The molecule has 2 aliphatic heterocycles. The Labute approximate surface area is 102 Å². The topological polar surface area (TPSA) is 33.6 Å². The average molecular weight is 230 g/mol. The maximum absolute atomic E-state index is 5.53. The van der Waals surface area contributed by atoms with Crippen LogP contribution in [0, 0.1) is 0 Å². The number of amidine groups is 1. The van der Waals surface area contributed by atoms with Gasteiger partial charge in [-0.2, -0.15) is 0 Å². The van der Waals surface area contributed by atoms with E-state index in [9.17, 15) is 0 Å². The van der Waals surface area contributed by atoms with Crippen LogP contribution in [0.3, 0.4) is 0 Å². The Hall–Kier alpha value is -1.51. The molecule has 1 aromatic rings. The molecule has 1 N–H and O–H groups in total. The second-order valence-electron chi connectivity index (χ2n) is 4.83. The van der Waals surface area contributed by atoms with E-state index in [0.29, 0.717) is 5.92 Å². The van der Waals surface area contributed by atoms with E-state index in [1.807, 2.05) is 0 Å². The summed E-state index contributed by atoms with van der Waals surface area (Å²) in [6.07, 6.45) is 2.06. The van der Waals surface area contributed by atoms with Gasteiger partial charge in [0.2, 0.25) is 0 Å². The molecule has 17 heavy (non-hydrogen) atoms. The molecule has 0 saturated heterocycles. The lowest BCUT2D eigenvalue weighted by Crippen LogP contribution is -2.20. The predicted molar refractivity (Wildman–Crippen MR) is 69.0 cm³/mol. The monoisotopic (exact) mass is 230 g/mol. The van der Waals surface area contributed by atoms with Gasteiger partial charge in [0.25, 0.3) is 0 Å². The molecule has 0 saturated carbocycles. The third kappa shape index (κ3) is 2.14. The summed E-state index contributed by atoms with van der Waals surface area (Å²) in [5, 5.41) is 3.33. The zero-order valence-electron chi connectivity index (χ0n) is 10.2. The van der Waals surface area contributed by atoms with Crippen LogP contribution in [0.1, 0.15) is 30.4 Å². The van der Waals surface area contributed by atoms with E-state index in [1.54, 1.807) is 0 Å². The van der Waals surface area contributed by atoms with Crippen molar-refractivity contribution in [2.75, 3.05) is 19.7 Å². The van der Waals surface area contributed by atoms with Crippen LogP contribution >= 0.6 is 0 Å². The quantitative estimate of drug-likeness (QED) is 0.863. The first-order valence-electron chi connectivity index (χ1n) is 6.36. The molecular weight excluding hydrogens is 212 g/mol. The van der Waals surface area contributed by atoms with Crippen LogP contribution in [0.25, 0.3) is 0 Å². The van der Waals surface area contributed by atoms with Crippen LogP contribution in [0.2, 0.25) is 0 Å². The van der Waals surface area contributed by atoms with Gasteiger partial charge in [-0.3, -0.25) is 4.99 Å². The molecule has 3 rings (SSSR count). The minimum Gasteiger partial charge on any atom is -0.493 e. The standard InChI is InChI=1S/C14H18N2O/c1-10(8-14-15-5-6-16-14)11-2-3-13-12(9-11)4-7-17-13/h2-3,9-10H,4-8H2,1H3,(H,15,16). The van der Waals surface area contributed by atoms with Gasteiger partial charge >= 0.3 is 0 Å². The minimum absolute atomic E-state index is 0.519. The second kappa shape index (κ2) is 4.40. The first kappa shape index (κ1) is 10.6. The van der Waals surface area contributed by atoms with E-state index in [0.717, 1.165) is 44.1 Å². The lowest BCUT2D eigenvalue weighted by molar-refractivity contribution is 0.357.